The Morgan fingerprint density at radius 1 is 1.04 bits per heavy atom. The number of carbonyl (C=O) groups excluding carboxylic acids is 3. The van der Waals surface area contributed by atoms with E-state index >= 15 is 0 Å². The van der Waals surface area contributed by atoms with Gasteiger partial charge < -0.3 is 10.6 Å². The van der Waals surface area contributed by atoms with Gasteiger partial charge in [0.2, 0.25) is 11.8 Å². The third-order valence-electron chi connectivity index (χ3n) is 4.38. The van der Waals surface area contributed by atoms with E-state index in [-0.39, 0.29) is 35.3 Å². The zero-order valence-corrected chi connectivity index (χ0v) is 14.3. The molecule has 0 heterocycles. The van der Waals surface area contributed by atoms with E-state index in [0.717, 1.165) is 5.56 Å². The van der Waals surface area contributed by atoms with Crippen LogP contribution in [0, 0.1) is 17.7 Å². The Morgan fingerprint density at radius 2 is 1.73 bits per heavy atom. The fraction of sp³-hybridized carbons (Fsp3) is 0.250. The monoisotopic (exact) mass is 354 g/mol. The van der Waals surface area contributed by atoms with E-state index in [0.29, 0.717) is 24.2 Å². The number of ketones is 1. The molecule has 2 aromatic rings. The molecular weight excluding hydrogens is 335 g/mol. The number of hydrogen-bond acceptors (Lipinski definition) is 3. The van der Waals surface area contributed by atoms with Gasteiger partial charge in [-0.3, -0.25) is 14.4 Å². The molecule has 5 nitrogen and oxygen atoms in total. The van der Waals surface area contributed by atoms with Crippen LogP contribution in [-0.2, 0) is 16.1 Å². The van der Waals surface area contributed by atoms with Crippen molar-refractivity contribution in [3.63, 3.8) is 0 Å². The fourth-order valence-electron chi connectivity index (χ4n) is 2.75. The van der Waals surface area contributed by atoms with Gasteiger partial charge in [-0.2, -0.15) is 0 Å². The summed E-state index contributed by atoms with van der Waals surface area (Å²) in [5.41, 5.74) is 1.86. The Labute approximate surface area is 150 Å². The maximum absolute atomic E-state index is 12.9. The molecule has 6 heteroatoms. The van der Waals surface area contributed by atoms with E-state index in [9.17, 15) is 18.8 Å². The van der Waals surface area contributed by atoms with E-state index in [2.05, 4.69) is 10.6 Å². The summed E-state index contributed by atoms with van der Waals surface area (Å²) < 4.78 is 12.9. The zero-order chi connectivity index (χ0) is 18.7. The zero-order valence-electron chi connectivity index (χ0n) is 14.3. The highest BCUT2D eigenvalue weighted by atomic mass is 19.1. The number of anilines is 1. The lowest BCUT2D eigenvalue weighted by Crippen LogP contribution is -2.27. The molecule has 2 N–H and O–H groups in total. The highest BCUT2D eigenvalue weighted by Crippen LogP contribution is 2.39. The van der Waals surface area contributed by atoms with Crippen LogP contribution in [0.15, 0.2) is 48.5 Å². The molecule has 1 aliphatic carbocycles. The number of rotatable bonds is 6. The number of carbonyl (C=O) groups is 3. The van der Waals surface area contributed by atoms with Gasteiger partial charge in [-0.1, -0.05) is 24.3 Å². The van der Waals surface area contributed by atoms with Crippen molar-refractivity contribution in [3.05, 3.63) is 65.5 Å². The molecule has 2 aromatic carbocycles. The van der Waals surface area contributed by atoms with Crippen LogP contribution in [0.3, 0.4) is 0 Å². The first kappa shape index (κ1) is 17.8. The van der Waals surface area contributed by atoms with Crippen molar-refractivity contribution in [3.8, 4) is 0 Å². The summed E-state index contributed by atoms with van der Waals surface area (Å²) in [5, 5.41) is 5.52. The standard InChI is InChI=1S/C20H19FN2O3/c1-12(24)14-3-2-4-16(9-14)23-20(26)18-10-17(18)19(25)22-11-13-5-7-15(21)8-6-13/h2-9,17-18H,10-11H2,1H3,(H,22,25)(H,23,26). The van der Waals surface area contributed by atoms with Crippen LogP contribution in [0.2, 0.25) is 0 Å². The molecule has 3 rings (SSSR count). The minimum atomic E-state index is -0.371. The highest BCUT2D eigenvalue weighted by Gasteiger charge is 2.47. The van der Waals surface area contributed by atoms with Crippen LogP contribution in [0.5, 0.6) is 0 Å². The largest absolute Gasteiger partial charge is 0.352 e. The first-order valence-electron chi connectivity index (χ1n) is 8.38. The summed E-state index contributed by atoms with van der Waals surface area (Å²) >= 11 is 0. The van der Waals surface area contributed by atoms with Crippen LogP contribution in [0.4, 0.5) is 10.1 Å². The third-order valence-corrected chi connectivity index (χ3v) is 4.38. The van der Waals surface area contributed by atoms with Crippen molar-refractivity contribution in [1.29, 1.82) is 0 Å². The van der Waals surface area contributed by atoms with Gasteiger partial charge in [-0.15, -0.1) is 0 Å². The first-order valence-corrected chi connectivity index (χ1v) is 8.38. The Bertz CT molecular complexity index is 848. The minimum absolute atomic E-state index is 0.0782. The first-order chi connectivity index (χ1) is 12.4. The summed E-state index contributed by atoms with van der Waals surface area (Å²) in [4.78, 5) is 35.8. The van der Waals surface area contributed by atoms with Crippen LogP contribution in [-0.4, -0.2) is 17.6 Å². The summed E-state index contributed by atoms with van der Waals surface area (Å²) in [7, 11) is 0. The molecular formula is C20H19FN2O3. The molecule has 2 amide bonds. The quantitative estimate of drug-likeness (QED) is 0.783. The molecule has 134 valence electrons. The molecule has 1 fully saturated rings. The van der Waals surface area contributed by atoms with Gasteiger partial charge in [-0.25, -0.2) is 4.39 Å². The minimum Gasteiger partial charge on any atom is -0.352 e. The van der Waals surface area contributed by atoms with Gasteiger partial charge in [0.1, 0.15) is 5.82 Å². The van der Waals surface area contributed by atoms with E-state index in [1.165, 1.54) is 19.1 Å². The second-order valence-corrected chi connectivity index (χ2v) is 6.42. The molecule has 0 radical (unpaired) electrons. The van der Waals surface area contributed by atoms with Crippen LogP contribution >= 0.6 is 0 Å². The molecule has 1 aliphatic rings. The van der Waals surface area contributed by atoms with Gasteiger partial charge in [0.25, 0.3) is 0 Å². The lowest BCUT2D eigenvalue weighted by Gasteiger charge is -2.07. The Hall–Kier alpha value is -3.02. The Kier molecular flexibility index (Phi) is 5.11. The van der Waals surface area contributed by atoms with E-state index in [1.54, 1.807) is 36.4 Å². The van der Waals surface area contributed by atoms with Crippen molar-refractivity contribution >= 4 is 23.3 Å². The van der Waals surface area contributed by atoms with Crippen molar-refractivity contribution in [2.45, 2.75) is 19.9 Å². The predicted molar refractivity (Wildman–Crippen MR) is 94.9 cm³/mol. The summed E-state index contributed by atoms with van der Waals surface area (Å²) in [5.74, 6) is -1.55. The molecule has 1 saturated carbocycles. The van der Waals surface area contributed by atoms with Gasteiger partial charge in [0.05, 0.1) is 11.8 Å². The number of nitrogens with one attached hydrogen (secondary N) is 2. The summed E-state index contributed by atoms with van der Waals surface area (Å²) in [6.45, 7) is 1.76. The van der Waals surface area contributed by atoms with Gasteiger partial charge in [0.15, 0.2) is 5.78 Å². The van der Waals surface area contributed by atoms with Crippen molar-refractivity contribution in [2.75, 3.05) is 5.32 Å². The Morgan fingerprint density at radius 3 is 2.42 bits per heavy atom. The lowest BCUT2D eigenvalue weighted by atomic mass is 10.1. The molecule has 0 saturated heterocycles. The van der Waals surface area contributed by atoms with E-state index in [4.69, 9.17) is 0 Å². The van der Waals surface area contributed by atoms with Crippen molar-refractivity contribution in [1.82, 2.24) is 5.32 Å². The molecule has 2 atom stereocenters. The summed E-state index contributed by atoms with van der Waals surface area (Å²) in [6, 6.07) is 12.6. The van der Waals surface area contributed by atoms with Gasteiger partial charge in [-0.05, 0) is 43.2 Å². The van der Waals surface area contributed by atoms with E-state index < -0.39 is 0 Å². The number of amides is 2. The van der Waals surface area contributed by atoms with Crippen LogP contribution < -0.4 is 10.6 Å². The molecule has 0 bridgehead atoms. The maximum atomic E-state index is 12.9. The second-order valence-electron chi connectivity index (χ2n) is 6.42. The average Bonchev–Trinajstić information content (AvgIpc) is 3.42. The van der Waals surface area contributed by atoms with Gasteiger partial charge in [0, 0.05) is 17.8 Å². The van der Waals surface area contributed by atoms with Crippen molar-refractivity contribution < 1.29 is 18.8 Å². The number of benzene rings is 2. The van der Waals surface area contributed by atoms with Gasteiger partial charge >= 0.3 is 0 Å². The molecule has 0 spiro atoms. The van der Waals surface area contributed by atoms with Crippen LogP contribution in [0.1, 0.15) is 29.3 Å². The molecule has 0 aliphatic heterocycles. The number of hydrogen-bond donors (Lipinski definition) is 2. The van der Waals surface area contributed by atoms with Crippen molar-refractivity contribution in [2.24, 2.45) is 11.8 Å². The highest BCUT2D eigenvalue weighted by molar-refractivity contribution is 6.01. The third kappa shape index (κ3) is 4.33. The lowest BCUT2D eigenvalue weighted by molar-refractivity contribution is -0.125. The maximum Gasteiger partial charge on any atom is 0.228 e. The van der Waals surface area contributed by atoms with E-state index in [1.807, 2.05) is 0 Å². The molecule has 2 unspecified atom stereocenters. The van der Waals surface area contributed by atoms with Crippen LogP contribution in [0.25, 0.3) is 0 Å². The fourth-order valence-corrected chi connectivity index (χ4v) is 2.75. The predicted octanol–water partition coefficient (Wildman–Crippen LogP) is 2.92. The number of Topliss-reactive ketones (excluding diaryl/α,β-unsaturated/α-hetero) is 1. The Balaban J connectivity index is 1.50. The second kappa shape index (κ2) is 7.47. The SMILES string of the molecule is CC(=O)c1cccc(NC(=O)C2CC2C(=O)NCc2ccc(F)cc2)c1. The summed E-state index contributed by atoms with van der Waals surface area (Å²) in [6.07, 6.45) is 0.494. The average molecular weight is 354 g/mol. The smallest absolute Gasteiger partial charge is 0.228 e. The topological polar surface area (TPSA) is 75.3 Å². The molecule has 0 aromatic heterocycles. The normalized spacial score (nSPS) is 18.1. The number of halogens is 1. The molecule has 26 heavy (non-hydrogen) atoms.